The monoisotopic (exact) mass is 210 g/mol. The fraction of sp³-hybridized carbons (Fsp3) is 0.800. The summed E-state index contributed by atoms with van der Waals surface area (Å²) in [5, 5.41) is 8.01. The first-order chi connectivity index (χ1) is 7.33. The summed E-state index contributed by atoms with van der Waals surface area (Å²) in [5.41, 5.74) is 6.94. The van der Waals surface area contributed by atoms with Crippen LogP contribution in [0.5, 0.6) is 0 Å². The van der Waals surface area contributed by atoms with Crippen molar-refractivity contribution in [2.75, 3.05) is 19.5 Å². The summed E-state index contributed by atoms with van der Waals surface area (Å²) in [6.07, 6.45) is 4.59. The Bertz CT molecular complexity index is 319. The molecule has 1 fully saturated rings. The first kappa shape index (κ1) is 10.4. The maximum Gasteiger partial charge on any atom is 0.169 e. The summed E-state index contributed by atoms with van der Waals surface area (Å²) in [6.45, 7) is 1.71. The lowest BCUT2D eigenvalue weighted by atomic mass is 10.2. The van der Waals surface area contributed by atoms with E-state index in [1.165, 1.54) is 12.8 Å². The predicted molar refractivity (Wildman–Crippen MR) is 57.5 cm³/mol. The number of rotatable bonds is 6. The largest absolute Gasteiger partial charge is 0.385 e. The van der Waals surface area contributed by atoms with E-state index in [0.29, 0.717) is 11.7 Å². The topological polar surface area (TPSA) is 66.0 Å². The normalized spacial score (nSPS) is 15.8. The highest BCUT2D eigenvalue weighted by molar-refractivity contribution is 5.38. The summed E-state index contributed by atoms with van der Waals surface area (Å²) in [5.74, 6) is 1.23. The van der Waals surface area contributed by atoms with Crippen molar-refractivity contribution in [3.05, 3.63) is 5.69 Å². The lowest BCUT2D eigenvalue weighted by Gasteiger charge is -2.05. The van der Waals surface area contributed by atoms with Crippen molar-refractivity contribution in [1.82, 2.24) is 15.0 Å². The first-order valence-electron chi connectivity index (χ1n) is 5.50. The average Bonchev–Trinajstić information content (AvgIpc) is 2.99. The third kappa shape index (κ3) is 2.47. The molecule has 0 aromatic carbocycles. The number of nitrogens with zero attached hydrogens (tertiary/aromatic N) is 3. The summed E-state index contributed by atoms with van der Waals surface area (Å²) >= 11 is 0. The Morgan fingerprint density at radius 1 is 1.47 bits per heavy atom. The van der Waals surface area contributed by atoms with Crippen LogP contribution in [0.2, 0.25) is 0 Å². The molecule has 5 nitrogen and oxygen atoms in total. The van der Waals surface area contributed by atoms with E-state index in [1.807, 2.05) is 4.68 Å². The molecule has 1 aromatic heterocycles. The molecule has 0 atom stereocenters. The van der Waals surface area contributed by atoms with Gasteiger partial charge in [0.15, 0.2) is 5.82 Å². The summed E-state index contributed by atoms with van der Waals surface area (Å²) in [7, 11) is 1.73. The first-order valence-corrected chi connectivity index (χ1v) is 5.50. The zero-order valence-corrected chi connectivity index (χ0v) is 9.15. The van der Waals surface area contributed by atoms with Gasteiger partial charge in [0.25, 0.3) is 0 Å². The second kappa shape index (κ2) is 4.61. The predicted octanol–water partition coefficient (Wildman–Crippen LogP) is 1.16. The van der Waals surface area contributed by atoms with E-state index in [-0.39, 0.29) is 0 Å². The van der Waals surface area contributed by atoms with Gasteiger partial charge in [-0.2, -0.15) is 0 Å². The molecule has 2 N–H and O–H groups in total. The van der Waals surface area contributed by atoms with Crippen LogP contribution < -0.4 is 5.73 Å². The maximum absolute atomic E-state index is 5.79. The quantitative estimate of drug-likeness (QED) is 0.716. The van der Waals surface area contributed by atoms with Gasteiger partial charge in [0, 0.05) is 26.2 Å². The van der Waals surface area contributed by atoms with Gasteiger partial charge in [-0.05, 0) is 25.7 Å². The van der Waals surface area contributed by atoms with Crippen LogP contribution in [-0.4, -0.2) is 28.7 Å². The van der Waals surface area contributed by atoms with Crippen LogP contribution in [0.25, 0.3) is 0 Å². The van der Waals surface area contributed by atoms with Gasteiger partial charge in [0.2, 0.25) is 0 Å². The third-order valence-electron chi connectivity index (χ3n) is 2.73. The number of nitrogen functional groups attached to an aromatic ring is 1. The van der Waals surface area contributed by atoms with Crippen molar-refractivity contribution >= 4 is 5.82 Å². The molecule has 84 valence electrons. The molecule has 0 spiro atoms. The number of aromatic nitrogens is 3. The van der Waals surface area contributed by atoms with Gasteiger partial charge in [-0.1, -0.05) is 5.21 Å². The zero-order valence-electron chi connectivity index (χ0n) is 9.15. The molecule has 0 bridgehead atoms. The Morgan fingerprint density at radius 2 is 2.27 bits per heavy atom. The number of ether oxygens (including phenoxy) is 1. The second-order valence-corrected chi connectivity index (χ2v) is 4.06. The average molecular weight is 210 g/mol. The molecule has 1 aromatic rings. The minimum absolute atomic E-state index is 0.613. The molecular weight excluding hydrogens is 192 g/mol. The number of aryl methyl sites for hydroxylation is 1. The minimum Gasteiger partial charge on any atom is -0.385 e. The van der Waals surface area contributed by atoms with Gasteiger partial charge in [-0.25, -0.2) is 4.68 Å². The van der Waals surface area contributed by atoms with Crippen molar-refractivity contribution in [2.45, 2.75) is 38.1 Å². The number of hydrogen-bond acceptors (Lipinski definition) is 4. The Kier molecular flexibility index (Phi) is 3.20. The molecule has 0 aliphatic heterocycles. The second-order valence-electron chi connectivity index (χ2n) is 4.06. The molecule has 0 amide bonds. The lowest BCUT2D eigenvalue weighted by molar-refractivity contribution is 0.190. The number of unbranched alkanes of at least 4 members (excludes halogenated alkanes) is 1. The smallest absolute Gasteiger partial charge is 0.169 e. The van der Waals surface area contributed by atoms with Crippen molar-refractivity contribution in [1.29, 1.82) is 0 Å². The van der Waals surface area contributed by atoms with Crippen LogP contribution >= 0.6 is 0 Å². The lowest BCUT2D eigenvalue weighted by Crippen LogP contribution is -2.06. The third-order valence-corrected chi connectivity index (χ3v) is 2.73. The molecule has 0 unspecified atom stereocenters. The molecular formula is C10H18N4O. The van der Waals surface area contributed by atoms with Gasteiger partial charge in [0.05, 0.1) is 5.69 Å². The fourth-order valence-corrected chi connectivity index (χ4v) is 1.78. The van der Waals surface area contributed by atoms with E-state index < -0.39 is 0 Å². The molecule has 0 radical (unpaired) electrons. The highest BCUT2D eigenvalue weighted by Crippen LogP contribution is 2.41. The van der Waals surface area contributed by atoms with E-state index in [0.717, 1.165) is 31.7 Å². The Morgan fingerprint density at radius 3 is 2.93 bits per heavy atom. The zero-order chi connectivity index (χ0) is 10.7. The van der Waals surface area contributed by atoms with E-state index in [4.69, 9.17) is 10.5 Å². The maximum atomic E-state index is 5.79. The molecule has 0 saturated heterocycles. The van der Waals surface area contributed by atoms with Gasteiger partial charge < -0.3 is 10.5 Å². The van der Waals surface area contributed by atoms with Gasteiger partial charge in [0.1, 0.15) is 0 Å². The molecule has 1 aliphatic carbocycles. The van der Waals surface area contributed by atoms with Crippen molar-refractivity contribution < 1.29 is 4.74 Å². The van der Waals surface area contributed by atoms with Crippen LogP contribution in [0.1, 0.15) is 37.3 Å². The van der Waals surface area contributed by atoms with Gasteiger partial charge in [-0.3, -0.25) is 0 Å². The molecule has 1 saturated carbocycles. The highest BCUT2D eigenvalue weighted by atomic mass is 16.5. The molecule has 2 rings (SSSR count). The molecule has 5 heteroatoms. The van der Waals surface area contributed by atoms with E-state index >= 15 is 0 Å². The number of nitrogens with two attached hydrogens (primary N) is 1. The van der Waals surface area contributed by atoms with E-state index in [2.05, 4.69) is 10.3 Å². The molecule has 1 aliphatic rings. The number of anilines is 1. The number of methoxy groups -OCH3 is 1. The SMILES string of the molecule is COCCCCn1nnc(N)c1C1CC1. The van der Waals surface area contributed by atoms with Gasteiger partial charge >= 0.3 is 0 Å². The summed E-state index contributed by atoms with van der Waals surface area (Å²) < 4.78 is 6.97. The fourth-order valence-electron chi connectivity index (χ4n) is 1.78. The van der Waals surface area contributed by atoms with Crippen LogP contribution in [0.3, 0.4) is 0 Å². The summed E-state index contributed by atoms with van der Waals surface area (Å²) in [6, 6.07) is 0. The van der Waals surface area contributed by atoms with E-state index in [9.17, 15) is 0 Å². The Labute approximate surface area is 89.6 Å². The Balaban J connectivity index is 1.90. The van der Waals surface area contributed by atoms with Crippen LogP contribution in [-0.2, 0) is 11.3 Å². The van der Waals surface area contributed by atoms with Crippen LogP contribution in [0.4, 0.5) is 5.82 Å². The van der Waals surface area contributed by atoms with Gasteiger partial charge in [-0.15, -0.1) is 5.10 Å². The standard InChI is InChI=1S/C10H18N4O/c1-15-7-3-2-6-14-9(8-4-5-8)10(11)12-13-14/h8H,2-7,11H2,1H3. The van der Waals surface area contributed by atoms with Crippen LogP contribution in [0, 0.1) is 0 Å². The van der Waals surface area contributed by atoms with Crippen LogP contribution in [0.15, 0.2) is 0 Å². The Hall–Kier alpha value is -1.10. The van der Waals surface area contributed by atoms with Crippen molar-refractivity contribution in [3.8, 4) is 0 Å². The van der Waals surface area contributed by atoms with Crippen molar-refractivity contribution in [3.63, 3.8) is 0 Å². The minimum atomic E-state index is 0.613. The van der Waals surface area contributed by atoms with Crippen molar-refractivity contribution in [2.24, 2.45) is 0 Å². The van der Waals surface area contributed by atoms with E-state index in [1.54, 1.807) is 7.11 Å². The molecule has 15 heavy (non-hydrogen) atoms. The molecule has 1 heterocycles. The number of hydrogen-bond donors (Lipinski definition) is 1. The summed E-state index contributed by atoms with van der Waals surface area (Å²) in [4.78, 5) is 0. The highest BCUT2D eigenvalue weighted by Gasteiger charge is 2.30.